The van der Waals surface area contributed by atoms with Crippen molar-refractivity contribution in [1.29, 1.82) is 0 Å². The number of methoxy groups -OCH3 is 1. The molecule has 2 rings (SSSR count). The molecule has 0 heterocycles. The van der Waals surface area contributed by atoms with Crippen LogP contribution in [-0.4, -0.2) is 49.5 Å². The highest BCUT2D eigenvalue weighted by molar-refractivity contribution is 9.11. The second kappa shape index (κ2) is 24.1. The van der Waals surface area contributed by atoms with Crippen LogP contribution in [0.2, 0.25) is 0 Å². The average Bonchev–Trinajstić information content (AvgIpc) is 3.03. The fourth-order valence-electron chi connectivity index (χ4n) is 5.13. The van der Waals surface area contributed by atoms with Crippen molar-refractivity contribution in [3.63, 3.8) is 0 Å². The molecule has 0 aliphatic carbocycles. The van der Waals surface area contributed by atoms with Gasteiger partial charge in [0.25, 0.3) is 5.91 Å². The number of hydrogen-bond donors (Lipinski definition) is 3. The molecule has 3 N–H and O–H groups in total. The fourth-order valence-corrected chi connectivity index (χ4v) is 7.23. The summed E-state index contributed by atoms with van der Waals surface area (Å²) in [5.41, 5.74) is 1.82. The van der Waals surface area contributed by atoms with Crippen molar-refractivity contribution >= 4 is 65.3 Å². The van der Waals surface area contributed by atoms with Gasteiger partial charge in [-0.2, -0.15) is 0 Å². The third kappa shape index (κ3) is 17.2. The molecule has 0 atom stereocenters. The van der Waals surface area contributed by atoms with Gasteiger partial charge in [0.2, 0.25) is 5.91 Å². The Morgan fingerprint density at radius 3 is 2.02 bits per heavy atom. The maximum atomic E-state index is 12.6. The minimum atomic E-state index is -0.432. The van der Waals surface area contributed by atoms with E-state index in [0.29, 0.717) is 50.5 Å². The first-order valence-electron chi connectivity index (χ1n) is 16.8. The summed E-state index contributed by atoms with van der Waals surface area (Å²) < 4.78 is 13.6. The lowest BCUT2D eigenvalue weighted by atomic mass is 10.0. The van der Waals surface area contributed by atoms with Crippen LogP contribution < -0.4 is 20.1 Å². The molecule has 0 unspecified atom stereocenters. The highest BCUT2D eigenvalue weighted by Gasteiger charge is 2.15. The van der Waals surface area contributed by atoms with Crippen LogP contribution in [0, 0.1) is 5.92 Å². The molecule has 2 amide bonds. The topological polar surface area (TPSA) is 109 Å². The smallest absolute Gasteiger partial charge is 0.269 e. The zero-order chi connectivity index (χ0) is 34.4. The third-order valence-electron chi connectivity index (χ3n) is 7.80. The summed E-state index contributed by atoms with van der Waals surface area (Å²) in [4.78, 5) is 24.8. The molecule has 0 aromatic heterocycles. The summed E-state index contributed by atoms with van der Waals surface area (Å²) in [6, 6.07) is 9.34. The number of amides is 2. The number of nitrogens with one attached hydrogen (secondary N) is 2. The molecule has 0 bridgehead atoms. The highest BCUT2D eigenvalue weighted by Crippen LogP contribution is 2.35. The van der Waals surface area contributed by atoms with Gasteiger partial charge >= 0.3 is 0 Å². The maximum absolute atomic E-state index is 12.6. The standard InChI is InChI=1S/C36H52Br3N3O5/c1-26(2)14-11-9-7-5-4-6-8-10-12-15-34(43)40-19-13-21-47-35-30(38)23-28(24-31(35)39)18-20-41-36(44)32(42-45)25-27-16-17-33(46-3)29(37)22-27/h16-17,22-24,26,45H,4-15,18-21,25H2,1-3H3,(H,40,43)(H,41,44)/b42-32+. The van der Waals surface area contributed by atoms with Crippen LogP contribution in [0.15, 0.2) is 48.9 Å². The monoisotopic (exact) mass is 843 g/mol. The van der Waals surface area contributed by atoms with Gasteiger partial charge in [-0.25, -0.2) is 0 Å². The Labute approximate surface area is 306 Å². The van der Waals surface area contributed by atoms with E-state index in [0.717, 1.165) is 43.3 Å². The molecule has 0 aliphatic heterocycles. The first-order chi connectivity index (χ1) is 22.6. The van der Waals surface area contributed by atoms with Gasteiger partial charge in [-0.3, -0.25) is 9.59 Å². The molecule has 0 radical (unpaired) electrons. The molecule has 0 spiro atoms. The van der Waals surface area contributed by atoms with E-state index in [1.165, 1.54) is 51.4 Å². The number of carbonyl (C=O) groups excluding carboxylic acids is 2. The van der Waals surface area contributed by atoms with Crippen LogP contribution >= 0.6 is 47.8 Å². The van der Waals surface area contributed by atoms with E-state index >= 15 is 0 Å². The van der Waals surface area contributed by atoms with Crippen LogP contribution in [0.3, 0.4) is 0 Å². The van der Waals surface area contributed by atoms with E-state index < -0.39 is 5.91 Å². The van der Waals surface area contributed by atoms with Crippen LogP contribution in [0.25, 0.3) is 0 Å². The van der Waals surface area contributed by atoms with Crippen molar-refractivity contribution in [2.24, 2.45) is 11.1 Å². The second-order valence-corrected chi connectivity index (χ2v) is 14.8. The molecule has 2 aromatic carbocycles. The van der Waals surface area contributed by atoms with E-state index in [2.05, 4.69) is 77.4 Å². The number of carbonyl (C=O) groups is 2. The van der Waals surface area contributed by atoms with E-state index in [1.807, 2.05) is 24.3 Å². The number of hydrogen-bond acceptors (Lipinski definition) is 6. The number of nitrogens with zero attached hydrogens (tertiary/aromatic N) is 1. The minimum Gasteiger partial charge on any atom is -0.496 e. The van der Waals surface area contributed by atoms with Gasteiger partial charge in [0.15, 0.2) is 0 Å². The molecule has 0 aliphatic rings. The van der Waals surface area contributed by atoms with Gasteiger partial charge < -0.3 is 25.3 Å². The summed E-state index contributed by atoms with van der Waals surface area (Å²) >= 11 is 10.6. The number of rotatable bonds is 24. The molecule has 0 saturated carbocycles. The zero-order valence-corrected chi connectivity index (χ0v) is 32.9. The van der Waals surface area contributed by atoms with E-state index in [9.17, 15) is 14.8 Å². The fraction of sp³-hybridized carbons (Fsp3) is 0.583. The molecule has 47 heavy (non-hydrogen) atoms. The Hall–Kier alpha value is -2.11. The Balaban J connectivity index is 1.59. The van der Waals surface area contributed by atoms with Gasteiger partial charge in [0.05, 0.1) is 27.1 Å². The molecule has 0 fully saturated rings. The van der Waals surface area contributed by atoms with Crippen molar-refractivity contribution < 1.29 is 24.3 Å². The SMILES string of the molecule is COc1ccc(C/C(=N\O)C(=O)NCCc2cc(Br)c(OCCCNC(=O)CCCCCCCCCCCC(C)C)c(Br)c2)cc1Br. The number of unbranched alkanes of at least 4 members (excludes halogenated alkanes) is 8. The van der Waals surface area contributed by atoms with Crippen molar-refractivity contribution in [3.05, 3.63) is 54.9 Å². The lowest BCUT2D eigenvalue weighted by Crippen LogP contribution is -2.33. The van der Waals surface area contributed by atoms with Gasteiger partial charge in [-0.1, -0.05) is 82.9 Å². The van der Waals surface area contributed by atoms with Crippen LogP contribution in [-0.2, 0) is 22.4 Å². The first-order valence-corrected chi connectivity index (χ1v) is 19.2. The van der Waals surface area contributed by atoms with E-state index in [-0.39, 0.29) is 18.0 Å². The van der Waals surface area contributed by atoms with E-state index in [1.54, 1.807) is 13.2 Å². The Bertz CT molecular complexity index is 1250. The number of benzene rings is 2. The summed E-state index contributed by atoms with van der Waals surface area (Å²) in [6.07, 6.45) is 14.7. The largest absolute Gasteiger partial charge is 0.496 e. The summed E-state index contributed by atoms with van der Waals surface area (Å²) in [6.45, 7) is 6.00. The quantitative estimate of drug-likeness (QED) is 0.0422. The van der Waals surface area contributed by atoms with E-state index in [4.69, 9.17) is 9.47 Å². The van der Waals surface area contributed by atoms with Crippen molar-refractivity contribution in [2.45, 2.75) is 104 Å². The summed E-state index contributed by atoms with van der Waals surface area (Å²) in [5, 5.41) is 18.5. The Kier molecular flexibility index (Phi) is 21.0. The average molecular weight is 847 g/mol. The molecule has 2 aromatic rings. The third-order valence-corrected chi connectivity index (χ3v) is 9.60. The lowest BCUT2D eigenvalue weighted by Gasteiger charge is -2.13. The summed E-state index contributed by atoms with van der Waals surface area (Å²) in [7, 11) is 1.58. The lowest BCUT2D eigenvalue weighted by molar-refractivity contribution is -0.121. The molecule has 8 nitrogen and oxygen atoms in total. The van der Waals surface area contributed by atoms with Crippen molar-refractivity contribution in [2.75, 3.05) is 26.8 Å². The Morgan fingerprint density at radius 1 is 0.809 bits per heavy atom. The van der Waals surface area contributed by atoms with Crippen LogP contribution in [0.5, 0.6) is 11.5 Å². The van der Waals surface area contributed by atoms with Gasteiger partial charge in [-0.15, -0.1) is 0 Å². The van der Waals surface area contributed by atoms with Crippen LogP contribution in [0.4, 0.5) is 0 Å². The second-order valence-electron chi connectivity index (χ2n) is 12.3. The normalized spacial score (nSPS) is 11.5. The minimum absolute atomic E-state index is 0.0215. The molecule has 11 heteroatoms. The zero-order valence-electron chi connectivity index (χ0n) is 28.1. The predicted molar refractivity (Wildman–Crippen MR) is 201 cm³/mol. The highest BCUT2D eigenvalue weighted by atomic mass is 79.9. The number of oxime groups is 1. The maximum Gasteiger partial charge on any atom is 0.269 e. The molecule has 262 valence electrons. The molecule has 0 saturated heterocycles. The van der Waals surface area contributed by atoms with Gasteiger partial charge in [0.1, 0.15) is 17.2 Å². The number of halogens is 3. The van der Waals surface area contributed by atoms with Crippen molar-refractivity contribution in [3.8, 4) is 11.5 Å². The molecular weight excluding hydrogens is 794 g/mol. The Morgan fingerprint density at radius 2 is 1.43 bits per heavy atom. The number of ether oxygens (including phenoxy) is 2. The summed E-state index contributed by atoms with van der Waals surface area (Å²) in [5.74, 6) is 1.87. The molecular formula is C36H52Br3N3O5. The van der Waals surface area contributed by atoms with Crippen molar-refractivity contribution in [1.82, 2.24) is 10.6 Å². The first kappa shape index (κ1) is 41.1. The van der Waals surface area contributed by atoms with Crippen LogP contribution in [0.1, 0.15) is 102 Å². The predicted octanol–water partition coefficient (Wildman–Crippen LogP) is 9.55. The van der Waals surface area contributed by atoms with Gasteiger partial charge in [-0.05, 0) is 108 Å². The van der Waals surface area contributed by atoms with Gasteiger partial charge in [0, 0.05) is 25.9 Å².